The normalized spacial score (nSPS) is 21.4. The van der Waals surface area contributed by atoms with Gasteiger partial charge in [-0.1, -0.05) is 5.16 Å². The van der Waals surface area contributed by atoms with Crippen LogP contribution in [0, 0.1) is 5.92 Å². The molecule has 6 rings (SSSR count). The van der Waals surface area contributed by atoms with Gasteiger partial charge in [0.2, 0.25) is 11.8 Å². The van der Waals surface area contributed by atoms with Gasteiger partial charge in [-0.3, -0.25) is 9.59 Å². The van der Waals surface area contributed by atoms with Crippen LogP contribution in [0.25, 0.3) is 5.65 Å². The van der Waals surface area contributed by atoms with Gasteiger partial charge in [0.15, 0.2) is 11.3 Å². The van der Waals surface area contributed by atoms with Gasteiger partial charge in [-0.15, -0.1) is 0 Å². The lowest BCUT2D eigenvalue weighted by Gasteiger charge is -2.36. The third-order valence-corrected chi connectivity index (χ3v) is 8.76. The van der Waals surface area contributed by atoms with Crippen molar-refractivity contribution in [3.63, 3.8) is 0 Å². The van der Waals surface area contributed by atoms with Gasteiger partial charge in [0.25, 0.3) is 11.8 Å². The fourth-order valence-corrected chi connectivity index (χ4v) is 6.09. The molecule has 1 saturated heterocycles. The zero-order valence-electron chi connectivity index (χ0n) is 23.6. The molecule has 11 nitrogen and oxygen atoms in total. The third kappa shape index (κ3) is 6.22. The van der Waals surface area contributed by atoms with Gasteiger partial charge in [-0.25, -0.2) is 31.7 Å². The van der Waals surface area contributed by atoms with Crippen LogP contribution < -0.4 is 10.6 Å². The number of rotatable bonds is 9. The lowest BCUT2D eigenvalue weighted by atomic mass is 9.74. The highest BCUT2D eigenvalue weighted by atomic mass is 19.3. The summed E-state index contributed by atoms with van der Waals surface area (Å²) in [4.78, 5) is 31.4. The average molecular weight is 608 g/mol. The van der Waals surface area contributed by atoms with Crippen LogP contribution in [0.15, 0.2) is 23.1 Å². The minimum absolute atomic E-state index is 0.0722. The number of amides is 2. The maximum atomic E-state index is 14.1. The van der Waals surface area contributed by atoms with Crippen LogP contribution in [-0.2, 0) is 14.9 Å². The quantitative estimate of drug-likeness (QED) is 0.347. The topological polar surface area (TPSA) is 137 Å². The second-order valence-electron chi connectivity index (χ2n) is 12.1. The van der Waals surface area contributed by atoms with Crippen molar-refractivity contribution < 1.29 is 36.5 Å². The molecule has 3 aromatic rings. The number of fused-ring (bicyclic) bond motifs is 1. The molecule has 1 aliphatic heterocycles. The van der Waals surface area contributed by atoms with Crippen LogP contribution in [0.2, 0.25) is 0 Å². The van der Waals surface area contributed by atoms with Gasteiger partial charge < -0.3 is 15.4 Å². The van der Waals surface area contributed by atoms with E-state index in [1.165, 1.54) is 10.7 Å². The first-order chi connectivity index (χ1) is 20.4. The second-order valence-corrected chi connectivity index (χ2v) is 12.1. The first kappa shape index (κ1) is 29.5. The molecule has 1 unspecified atom stereocenters. The van der Waals surface area contributed by atoms with Crippen molar-refractivity contribution in [2.45, 2.75) is 87.5 Å². The lowest BCUT2D eigenvalue weighted by molar-refractivity contribution is -0.132. The van der Waals surface area contributed by atoms with Crippen LogP contribution in [0.3, 0.4) is 0 Å². The molecule has 2 aliphatic carbocycles. The number of carbonyl (C=O) groups is 2. The number of nitrogens with one attached hydrogen (secondary N) is 2. The smallest absolute Gasteiger partial charge is 0.276 e. The minimum atomic E-state index is -3.08. The summed E-state index contributed by atoms with van der Waals surface area (Å²) in [6.07, 6.45) is 5.13. The van der Waals surface area contributed by atoms with E-state index in [2.05, 4.69) is 26.0 Å². The first-order valence-corrected chi connectivity index (χ1v) is 14.5. The molecule has 3 fully saturated rings. The van der Waals surface area contributed by atoms with E-state index in [0.29, 0.717) is 22.6 Å². The van der Waals surface area contributed by atoms with Gasteiger partial charge in [0.1, 0.15) is 5.69 Å². The number of halogens is 4. The molecule has 0 aromatic carbocycles. The highest BCUT2D eigenvalue weighted by Gasteiger charge is 2.44. The van der Waals surface area contributed by atoms with Gasteiger partial charge in [-0.05, 0) is 61.2 Å². The number of nitrogens with zero attached hydrogens (tertiary/aromatic N) is 5. The Hall–Kier alpha value is -3.62. The fourth-order valence-electron chi connectivity index (χ4n) is 6.09. The second kappa shape index (κ2) is 11.1. The third-order valence-electron chi connectivity index (χ3n) is 8.76. The van der Waals surface area contributed by atoms with Crippen molar-refractivity contribution in [2.75, 3.05) is 19.8 Å². The Kier molecular flexibility index (Phi) is 7.63. The van der Waals surface area contributed by atoms with Crippen molar-refractivity contribution in [3.8, 4) is 0 Å². The Morgan fingerprint density at radius 2 is 1.84 bits per heavy atom. The highest BCUT2D eigenvalue weighted by Crippen LogP contribution is 2.43. The minimum Gasteiger partial charge on any atom is -0.381 e. The number of carbonyl (C=O) groups excluding carboxylic acids is 2. The van der Waals surface area contributed by atoms with Crippen molar-refractivity contribution in [1.29, 1.82) is 0 Å². The summed E-state index contributed by atoms with van der Waals surface area (Å²) in [5.41, 5.74) is 0.670. The zero-order valence-corrected chi connectivity index (χ0v) is 23.6. The van der Waals surface area contributed by atoms with Crippen molar-refractivity contribution in [2.24, 2.45) is 5.92 Å². The van der Waals surface area contributed by atoms with Gasteiger partial charge >= 0.3 is 0 Å². The summed E-state index contributed by atoms with van der Waals surface area (Å²) in [5.74, 6) is -7.14. The van der Waals surface area contributed by atoms with E-state index in [1.54, 1.807) is 12.3 Å². The zero-order chi connectivity index (χ0) is 30.4. The monoisotopic (exact) mass is 607 g/mol. The molecule has 4 heterocycles. The molecule has 3 aliphatic rings. The van der Waals surface area contributed by atoms with E-state index in [0.717, 1.165) is 19.8 Å². The number of ether oxygens (including phenoxy) is 1. The van der Waals surface area contributed by atoms with Crippen LogP contribution in [0.1, 0.15) is 97.7 Å². The molecule has 2 amide bonds. The molecule has 0 radical (unpaired) electrons. The molecule has 0 bridgehead atoms. The first-order valence-electron chi connectivity index (χ1n) is 14.5. The molecule has 15 heteroatoms. The summed E-state index contributed by atoms with van der Waals surface area (Å²) < 4.78 is 67.0. The molecule has 0 spiro atoms. The number of imidazole rings is 1. The number of hydrogen-bond acceptors (Lipinski definition) is 8. The summed E-state index contributed by atoms with van der Waals surface area (Å²) in [7, 11) is 0. The Morgan fingerprint density at radius 3 is 2.51 bits per heavy atom. The van der Waals surface area contributed by atoms with Gasteiger partial charge in [-0.2, -0.15) is 5.10 Å². The number of hydrogen-bond donors (Lipinski definition) is 2. The Morgan fingerprint density at radius 1 is 1.12 bits per heavy atom. The van der Waals surface area contributed by atoms with E-state index in [4.69, 9.17) is 14.3 Å². The van der Waals surface area contributed by atoms with E-state index < -0.39 is 41.7 Å². The SMILES string of the molecule is CC(F)(F)CNC(=O)C1(c2cnn3cc(C(NC(=O)c4nonc4C4CC4)C4CCC(F)(F)CC4)nc3c2)CCOCC1. The maximum Gasteiger partial charge on any atom is 0.276 e. The van der Waals surface area contributed by atoms with Crippen molar-refractivity contribution >= 4 is 17.5 Å². The highest BCUT2D eigenvalue weighted by molar-refractivity contribution is 5.93. The van der Waals surface area contributed by atoms with Crippen molar-refractivity contribution in [3.05, 3.63) is 41.1 Å². The predicted molar refractivity (Wildman–Crippen MR) is 142 cm³/mol. The lowest BCUT2D eigenvalue weighted by Crippen LogP contribution is -2.50. The molecular formula is C28H33F4N7O4. The van der Waals surface area contributed by atoms with Crippen LogP contribution in [0.5, 0.6) is 0 Å². The largest absolute Gasteiger partial charge is 0.381 e. The average Bonchev–Trinajstić information content (AvgIpc) is 3.53. The molecule has 232 valence electrons. The number of aromatic nitrogens is 5. The predicted octanol–water partition coefficient (Wildman–Crippen LogP) is 4.11. The molecule has 2 N–H and O–H groups in total. The van der Waals surface area contributed by atoms with Gasteiger partial charge in [0.05, 0.1) is 36.1 Å². The molecular weight excluding hydrogens is 574 g/mol. The number of alkyl halides is 4. The van der Waals surface area contributed by atoms with Gasteiger partial charge in [0, 0.05) is 38.9 Å². The van der Waals surface area contributed by atoms with E-state index >= 15 is 0 Å². The Bertz CT molecular complexity index is 1480. The van der Waals surface area contributed by atoms with E-state index in [1.807, 2.05) is 0 Å². The molecule has 43 heavy (non-hydrogen) atoms. The van der Waals surface area contributed by atoms with Crippen LogP contribution in [-0.4, -0.2) is 68.3 Å². The summed E-state index contributed by atoms with van der Waals surface area (Å²) in [6, 6.07) is 0.941. The maximum absolute atomic E-state index is 14.1. The molecule has 3 aromatic heterocycles. The summed E-state index contributed by atoms with van der Waals surface area (Å²) in [5, 5.41) is 17.5. The van der Waals surface area contributed by atoms with E-state index in [-0.39, 0.29) is 69.3 Å². The van der Waals surface area contributed by atoms with Crippen LogP contribution >= 0.6 is 0 Å². The Balaban J connectivity index is 1.31. The summed E-state index contributed by atoms with van der Waals surface area (Å²) in [6.45, 7) is 0.461. The standard InChI is InChI=1S/C28H33F4N7O4/c1-26(29,30)15-33-25(41)27(8-10-42-11-9-27)18-12-20-35-19(14-39(20)34-13-18)21(17-4-6-28(31,32)7-5-17)36-24(40)23-22(16-2-3-16)37-43-38-23/h12-14,16-17,21H,2-11,15H2,1H3,(H,33,41)(H,36,40). The van der Waals surface area contributed by atoms with Crippen molar-refractivity contribution in [1.82, 2.24) is 35.5 Å². The fraction of sp³-hybridized carbons (Fsp3) is 0.643. The molecule has 2 saturated carbocycles. The van der Waals surface area contributed by atoms with E-state index in [9.17, 15) is 27.2 Å². The Labute approximate surface area is 244 Å². The molecule has 1 atom stereocenters. The summed E-state index contributed by atoms with van der Waals surface area (Å²) >= 11 is 0. The van der Waals surface area contributed by atoms with Crippen LogP contribution in [0.4, 0.5) is 17.6 Å².